The van der Waals surface area contributed by atoms with Crippen molar-refractivity contribution in [1.82, 2.24) is 4.98 Å². The highest BCUT2D eigenvalue weighted by atomic mass is 35.5. The summed E-state index contributed by atoms with van der Waals surface area (Å²) >= 11 is 0. The van der Waals surface area contributed by atoms with Crippen molar-refractivity contribution in [1.29, 1.82) is 0 Å². The Labute approximate surface area is 124 Å². The van der Waals surface area contributed by atoms with E-state index in [0.29, 0.717) is 38.2 Å². The van der Waals surface area contributed by atoms with E-state index in [2.05, 4.69) is 4.98 Å². The van der Waals surface area contributed by atoms with E-state index in [1.165, 1.54) is 0 Å². The fraction of sp³-hybridized carbons (Fsp3) is 0.538. The molecule has 0 fully saturated rings. The Hall–Kier alpha value is -1.69. The number of nitrogen functional groups attached to an aromatic ring is 1. The van der Waals surface area contributed by atoms with E-state index >= 15 is 0 Å². The Morgan fingerprint density at radius 3 is 2.50 bits per heavy atom. The summed E-state index contributed by atoms with van der Waals surface area (Å²) in [5.74, 6) is -0.682. The van der Waals surface area contributed by atoms with E-state index in [1.54, 1.807) is 20.0 Å². The number of aryl methyl sites for hydroxylation is 1. The Morgan fingerprint density at radius 1 is 1.25 bits per heavy atom. The second-order valence-electron chi connectivity index (χ2n) is 3.98. The molecule has 1 aromatic heterocycles. The Balaban J connectivity index is 0.00000361. The number of nitrogens with two attached hydrogens (primary N) is 1. The molecule has 0 bridgehead atoms. The lowest BCUT2D eigenvalue weighted by Gasteiger charge is -2.03. The fourth-order valence-corrected chi connectivity index (χ4v) is 1.71. The average molecular weight is 305 g/mol. The second kappa shape index (κ2) is 9.25. The van der Waals surface area contributed by atoms with Crippen LogP contribution in [0.3, 0.4) is 0 Å². The molecular formula is C13H21ClN2O4. The van der Waals surface area contributed by atoms with E-state index in [9.17, 15) is 9.59 Å². The van der Waals surface area contributed by atoms with Crippen molar-refractivity contribution in [3.63, 3.8) is 0 Å². The zero-order valence-electron chi connectivity index (χ0n) is 11.7. The summed E-state index contributed by atoms with van der Waals surface area (Å²) in [6, 6.07) is 0. The monoisotopic (exact) mass is 304 g/mol. The molecule has 0 radical (unpaired) electrons. The SMILES string of the molecule is CCOC(=O)CCCc1c[nH]c(C(=O)OCC)c1N.Cl. The lowest BCUT2D eigenvalue weighted by atomic mass is 10.1. The van der Waals surface area contributed by atoms with Crippen molar-refractivity contribution in [3.05, 3.63) is 17.5 Å². The van der Waals surface area contributed by atoms with Crippen LogP contribution in [0.2, 0.25) is 0 Å². The van der Waals surface area contributed by atoms with Gasteiger partial charge in [0.1, 0.15) is 5.69 Å². The number of aromatic amines is 1. The van der Waals surface area contributed by atoms with Crippen LogP contribution in [0.25, 0.3) is 0 Å². The normalized spacial score (nSPS) is 9.70. The summed E-state index contributed by atoms with van der Waals surface area (Å²) in [5, 5.41) is 0. The number of rotatable bonds is 7. The number of carbonyl (C=O) groups is 2. The van der Waals surface area contributed by atoms with Gasteiger partial charge in [-0.15, -0.1) is 12.4 Å². The molecular weight excluding hydrogens is 284 g/mol. The van der Waals surface area contributed by atoms with Crippen molar-refractivity contribution in [2.75, 3.05) is 18.9 Å². The molecule has 0 atom stereocenters. The highest BCUT2D eigenvalue weighted by Gasteiger charge is 2.16. The molecule has 6 nitrogen and oxygen atoms in total. The fourth-order valence-electron chi connectivity index (χ4n) is 1.71. The summed E-state index contributed by atoms with van der Waals surface area (Å²) in [6.45, 7) is 4.19. The first-order valence-corrected chi connectivity index (χ1v) is 6.38. The van der Waals surface area contributed by atoms with Gasteiger partial charge in [-0.3, -0.25) is 4.79 Å². The van der Waals surface area contributed by atoms with Gasteiger partial charge in [0.05, 0.1) is 18.9 Å². The molecule has 20 heavy (non-hydrogen) atoms. The second-order valence-corrected chi connectivity index (χ2v) is 3.98. The summed E-state index contributed by atoms with van der Waals surface area (Å²) in [6.07, 6.45) is 3.25. The number of halogens is 1. The predicted molar refractivity (Wildman–Crippen MR) is 78.0 cm³/mol. The molecule has 0 saturated heterocycles. The quantitative estimate of drug-likeness (QED) is 0.752. The van der Waals surface area contributed by atoms with Crippen molar-refractivity contribution in [2.45, 2.75) is 33.1 Å². The number of esters is 2. The summed E-state index contributed by atoms with van der Waals surface area (Å²) in [4.78, 5) is 25.5. The summed E-state index contributed by atoms with van der Waals surface area (Å²) in [7, 11) is 0. The van der Waals surface area contributed by atoms with Crippen LogP contribution < -0.4 is 5.73 Å². The minimum atomic E-state index is -0.461. The van der Waals surface area contributed by atoms with Crippen LogP contribution >= 0.6 is 12.4 Å². The van der Waals surface area contributed by atoms with Crippen LogP contribution in [0, 0.1) is 0 Å². The first-order valence-electron chi connectivity index (χ1n) is 6.38. The van der Waals surface area contributed by atoms with Gasteiger partial charge >= 0.3 is 11.9 Å². The molecule has 0 aliphatic heterocycles. The number of H-pyrrole nitrogens is 1. The molecule has 0 aliphatic rings. The number of ether oxygens (including phenoxy) is 2. The number of hydrogen-bond donors (Lipinski definition) is 2. The average Bonchev–Trinajstić information content (AvgIpc) is 2.72. The molecule has 1 aromatic rings. The molecule has 114 valence electrons. The molecule has 0 spiro atoms. The maximum Gasteiger partial charge on any atom is 0.356 e. The minimum absolute atomic E-state index is 0. The zero-order valence-corrected chi connectivity index (χ0v) is 12.5. The Morgan fingerprint density at radius 2 is 1.90 bits per heavy atom. The maximum atomic E-state index is 11.5. The van der Waals surface area contributed by atoms with Crippen LogP contribution in [0.1, 0.15) is 42.7 Å². The molecule has 0 aliphatic carbocycles. The molecule has 1 rings (SSSR count). The Bertz CT molecular complexity index is 446. The third-order valence-electron chi connectivity index (χ3n) is 2.62. The molecule has 1 heterocycles. The largest absolute Gasteiger partial charge is 0.466 e. The summed E-state index contributed by atoms with van der Waals surface area (Å²) in [5.41, 5.74) is 7.34. The number of hydrogen-bond acceptors (Lipinski definition) is 5. The van der Waals surface area contributed by atoms with Gasteiger partial charge in [0, 0.05) is 12.6 Å². The van der Waals surface area contributed by atoms with Gasteiger partial charge in [-0.05, 0) is 32.3 Å². The van der Waals surface area contributed by atoms with E-state index < -0.39 is 5.97 Å². The third kappa shape index (κ3) is 5.13. The van der Waals surface area contributed by atoms with Gasteiger partial charge in [0.15, 0.2) is 0 Å². The van der Waals surface area contributed by atoms with E-state index in [-0.39, 0.29) is 24.1 Å². The summed E-state index contributed by atoms with van der Waals surface area (Å²) < 4.78 is 9.71. The van der Waals surface area contributed by atoms with Crippen LogP contribution in [0.5, 0.6) is 0 Å². The first-order chi connectivity index (χ1) is 9.10. The number of carbonyl (C=O) groups excluding carboxylic acids is 2. The molecule has 0 aromatic carbocycles. The smallest absolute Gasteiger partial charge is 0.356 e. The highest BCUT2D eigenvalue weighted by molar-refractivity contribution is 5.94. The standard InChI is InChI=1S/C13H20N2O4.ClH/c1-3-18-10(16)7-5-6-9-8-15-12(11(9)14)13(17)19-4-2;/h8,15H,3-7,14H2,1-2H3;1H. The molecule has 3 N–H and O–H groups in total. The lowest BCUT2D eigenvalue weighted by Crippen LogP contribution is -2.08. The minimum Gasteiger partial charge on any atom is -0.466 e. The molecule has 0 amide bonds. The van der Waals surface area contributed by atoms with Crippen LogP contribution in [-0.2, 0) is 20.7 Å². The van der Waals surface area contributed by atoms with E-state index in [0.717, 1.165) is 5.56 Å². The van der Waals surface area contributed by atoms with E-state index in [1.807, 2.05) is 0 Å². The van der Waals surface area contributed by atoms with Gasteiger partial charge in [-0.2, -0.15) is 0 Å². The van der Waals surface area contributed by atoms with Crippen LogP contribution in [0.15, 0.2) is 6.20 Å². The predicted octanol–water partition coefficient (Wildman–Crippen LogP) is 2.08. The Kier molecular flexibility index (Phi) is 8.47. The van der Waals surface area contributed by atoms with Gasteiger partial charge in [0.25, 0.3) is 0 Å². The van der Waals surface area contributed by atoms with Gasteiger partial charge < -0.3 is 20.2 Å². The lowest BCUT2D eigenvalue weighted by molar-refractivity contribution is -0.143. The topological polar surface area (TPSA) is 94.4 Å². The third-order valence-corrected chi connectivity index (χ3v) is 2.62. The van der Waals surface area contributed by atoms with Crippen LogP contribution in [-0.4, -0.2) is 30.1 Å². The molecule has 0 unspecified atom stereocenters. The first kappa shape index (κ1) is 18.3. The van der Waals surface area contributed by atoms with Crippen molar-refractivity contribution >= 4 is 30.0 Å². The molecule has 0 saturated carbocycles. The maximum absolute atomic E-state index is 11.5. The number of aromatic nitrogens is 1. The van der Waals surface area contributed by atoms with Crippen molar-refractivity contribution in [3.8, 4) is 0 Å². The van der Waals surface area contributed by atoms with E-state index in [4.69, 9.17) is 15.2 Å². The zero-order chi connectivity index (χ0) is 14.3. The van der Waals surface area contributed by atoms with Gasteiger partial charge in [-0.25, -0.2) is 4.79 Å². The number of anilines is 1. The van der Waals surface area contributed by atoms with Crippen molar-refractivity contribution in [2.24, 2.45) is 0 Å². The van der Waals surface area contributed by atoms with Gasteiger partial charge in [-0.1, -0.05) is 0 Å². The number of nitrogens with one attached hydrogen (secondary N) is 1. The van der Waals surface area contributed by atoms with Crippen molar-refractivity contribution < 1.29 is 19.1 Å². The van der Waals surface area contributed by atoms with Crippen LogP contribution in [0.4, 0.5) is 5.69 Å². The van der Waals surface area contributed by atoms with Gasteiger partial charge in [0.2, 0.25) is 0 Å². The highest BCUT2D eigenvalue weighted by Crippen LogP contribution is 2.19. The molecule has 7 heteroatoms.